The molecule has 1 N–H and O–H groups in total. The van der Waals surface area contributed by atoms with Gasteiger partial charge in [-0.15, -0.1) is 0 Å². The van der Waals surface area contributed by atoms with Crippen LogP contribution in [-0.2, 0) is 0 Å². The van der Waals surface area contributed by atoms with Gasteiger partial charge in [0.05, 0.1) is 0 Å². The molecule has 0 aliphatic carbocycles. The lowest BCUT2D eigenvalue weighted by Crippen LogP contribution is -2.18. The highest BCUT2D eigenvalue weighted by atomic mass is 14.8. The van der Waals surface area contributed by atoms with Crippen molar-refractivity contribution in [2.75, 3.05) is 13.1 Å². The molecule has 0 saturated carbocycles. The van der Waals surface area contributed by atoms with E-state index in [0.29, 0.717) is 0 Å². The standard InChI is InChI=1S/C6H15N.3C2H6/c1-4-7-5-6(2)3;3*1-2/h6-7H,4-5H2,1-3H3;3*1-2H3. The van der Waals surface area contributed by atoms with Crippen LogP contribution in [0.3, 0.4) is 0 Å². The van der Waals surface area contributed by atoms with Crippen LogP contribution in [-0.4, -0.2) is 13.1 Å². The first-order chi connectivity index (χ1) is 6.27. The molecule has 0 rings (SSSR count). The Morgan fingerprint density at radius 2 is 1.15 bits per heavy atom. The summed E-state index contributed by atoms with van der Waals surface area (Å²) in [4.78, 5) is 0. The van der Waals surface area contributed by atoms with Crippen molar-refractivity contribution in [1.29, 1.82) is 0 Å². The molecule has 0 aromatic rings. The summed E-state index contributed by atoms with van der Waals surface area (Å²) in [5, 5.41) is 3.25. The minimum atomic E-state index is 0.792. The zero-order chi connectivity index (χ0) is 11.7. The molecule has 0 unspecified atom stereocenters. The largest absolute Gasteiger partial charge is 0.317 e. The predicted molar refractivity (Wildman–Crippen MR) is 67.4 cm³/mol. The molecule has 1 heteroatoms. The third-order valence-corrected chi connectivity index (χ3v) is 0.803. The molecular weight excluding hydrogens is 158 g/mol. The molecule has 0 aliphatic heterocycles. The Balaban J connectivity index is -0.0000000573. The highest BCUT2D eigenvalue weighted by molar-refractivity contribution is 4.46. The van der Waals surface area contributed by atoms with Gasteiger partial charge in [-0.3, -0.25) is 0 Å². The van der Waals surface area contributed by atoms with Crippen LogP contribution in [0.15, 0.2) is 0 Å². The lowest BCUT2D eigenvalue weighted by molar-refractivity contribution is 0.566. The molecule has 0 bridgehead atoms. The van der Waals surface area contributed by atoms with Crippen molar-refractivity contribution in [1.82, 2.24) is 5.32 Å². The summed E-state index contributed by atoms with van der Waals surface area (Å²) in [6.07, 6.45) is 0. The summed E-state index contributed by atoms with van der Waals surface area (Å²) in [7, 11) is 0. The average molecular weight is 191 g/mol. The fourth-order valence-corrected chi connectivity index (χ4v) is 0.433. The zero-order valence-corrected chi connectivity index (χ0v) is 11.5. The molecule has 0 amide bonds. The van der Waals surface area contributed by atoms with Crippen LogP contribution in [0.1, 0.15) is 62.3 Å². The molecule has 13 heavy (non-hydrogen) atoms. The lowest BCUT2D eigenvalue weighted by atomic mass is 10.2. The van der Waals surface area contributed by atoms with E-state index in [-0.39, 0.29) is 0 Å². The van der Waals surface area contributed by atoms with Crippen LogP contribution in [0.4, 0.5) is 0 Å². The number of hydrogen-bond donors (Lipinski definition) is 1. The van der Waals surface area contributed by atoms with E-state index in [4.69, 9.17) is 0 Å². The van der Waals surface area contributed by atoms with Crippen LogP contribution in [0.25, 0.3) is 0 Å². The average Bonchev–Trinajstić information content (AvgIpc) is 2.24. The van der Waals surface area contributed by atoms with E-state index in [1.54, 1.807) is 0 Å². The minimum absolute atomic E-state index is 0.792. The van der Waals surface area contributed by atoms with Gasteiger partial charge < -0.3 is 5.32 Å². The molecule has 0 spiro atoms. The molecule has 0 heterocycles. The molecule has 1 nitrogen and oxygen atoms in total. The van der Waals surface area contributed by atoms with Crippen molar-refractivity contribution in [3.63, 3.8) is 0 Å². The Bertz CT molecular complexity index is 34.1. The highest BCUT2D eigenvalue weighted by Gasteiger charge is 1.86. The molecule has 0 aromatic carbocycles. The smallest absolute Gasteiger partial charge is 0.00259 e. The summed E-state index contributed by atoms with van der Waals surface area (Å²) in [6.45, 7) is 20.8. The first kappa shape index (κ1) is 23.1. The van der Waals surface area contributed by atoms with Gasteiger partial charge in [-0.05, 0) is 19.0 Å². The fourth-order valence-electron chi connectivity index (χ4n) is 0.433. The van der Waals surface area contributed by atoms with Gasteiger partial charge in [-0.1, -0.05) is 62.3 Å². The van der Waals surface area contributed by atoms with Crippen molar-refractivity contribution in [2.24, 2.45) is 5.92 Å². The van der Waals surface area contributed by atoms with E-state index in [1.807, 2.05) is 41.5 Å². The van der Waals surface area contributed by atoms with E-state index < -0.39 is 0 Å². The normalized spacial score (nSPS) is 6.92. The van der Waals surface area contributed by atoms with Crippen molar-refractivity contribution in [3.05, 3.63) is 0 Å². The Hall–Kier alpha value is -0.0400. The third-order valence-electron chi connectivity index (χ3n) is 0.803. The van der Waals surface area contributed by atoms with Gasteiger partial charge in [0.2, 0.25) is 0 Å². The first-order valence-corrected chi connectivity index (χ1v) is 5.98. The second kappa shape index (κ2) is 40.4. The van der Waals surface area contributed by atoms with Crippen LogP contribution in [0.2, 0.25) is 0 Å². The maximum atomic E-state index is 3.25. The Labute approximate surface area is 87.3 Å². The fraction of sp³-hybridized carbons (Fsp3) is 1.00. The third kappa shape index (κ3) is 75.7. The summed E-state index contributed by atoms with van der Waals surface area (Å²) < 4.78 is 0. The van der Waals surface area contributed by atoms with Gasteiger partial charge in [0.15, 0.2) is 0 Å². The van der Waals surface area contributed by atoms with E-state index in [2.05, 4.69) is 26.1 Å². The monoisotopic (exact) mass is 191 g/mol. The van der Waals surface area contributed by atoms with E-state index in [1.165, 1.54) is 0 Å². The molecule has 0 saturated heterocycles. The topological polar surface area (TPSA) is 12.0 Å². The molecule has 0 radical (unpaired) electrons. The Morgan fingerprint density at radius 1 is 0.846 bits per heavy atom. The Morgan fingerprint density at radius 3 is 1.23 bits per heavy atom. The van der Waals surface area contributed by atoms with Crippen LogP contribution >= 0.6 is 0 Å². The summed E-state index contributed by atoms with van der Waals surface area (Å²) >= 11 is 0. The van der Waals surface area contributed by atoms with Gasteiger partial charge in [0, 0.05) is 0 Å². The molecular formula is C12H33N. The summed E-state index contributed by atoms with van der Waals surface area (Å²) in [5.41, 5.74) is 0. The van der Waals surface area contributed by atoms with Crippen LogP contribution < -0.4 is 5.32 Å². The van der Waals surface area contributed by atoms with E-state index in [0.717, 1.165) is 19.0 Å². The Kier molecular flexibility index (Phi) is 71.8. The SMILES string of the molecule is CC.CC.CC.CCNCC(C)C. The van der Waals surface area contributed by atoms with Crippen LogP contribution in [0, 0.1) is 5.92 Å². The molecule has 86 valence electrons. The quantitative estimate of drug-likeness (QED) is 0.700. The first-order valence-electron chi connectivity index (χ1n) is 5.98. The van der Waals surface area contributed by atoms with Gasteiger partial charge in [0.25, 0.3) is 0 Å². The van der Waals surface area contributed by atoms with Gasteiger partial charge in [-0.2, -0.15) is 0 Å². The van der Waals surface area contributed by atoms with E-state index >= 15 is 0 Å². The summed E-state index contributed by atoms with van der Waals surface area (Å²) in [5.74, 6) is 0.792. The molecule has 0 atom stereocenters. The molecule has 0 aromatic heterocycles. The number of rotatable bonds is 3. The van der Waals surface area contributed by atoms with Crippen molar-refractivity contribution >= 4 is 0 Å². The predicted octanol–water partition coefficient (Wildman–Crippen LogP) is 4.33. The summed E-state index contributed by atoms with van der Waals surface area (Å²) in [6, 6.07) is 0. The minimum Gasteiger partial charge on any atom is -0.317 e. The highest BCUT2D eigenvalue weighted by Crippen LogP contribution is 1.84. The molecule has 0 aliphatic rings. The van der Waals surface area contributed by atoms with Gasteiger partial charge in [0.1, 0.15) is 0 Å². The van der Waals surface area contributed by atoms with E-state index in [9.17, 15) is 0 Å². The maximum Gasteiger partial charge on any atom is -0.00259 e. The number of hydrogen-bond acceptors (Lipinski definition) is 1. The number of nitrogens with one attached hydrogen (secondary N) is 1. The zero-order valence-electron chi connectivity index (χ0n) is 11.5. The van der Waals surface area contributed by atoms with Crippen LogP contribution in [0.5, 0.6) is 0 Å². The second-order valence-electron chi connectivity index (χ2n) is 2.20. The van der Waals surface area contributed by atoms with Crippen molar-refractivity contribution in [2.45, 2.75) is 62.3 Å². The molecule has 0 fully saturated rings. The van der Waals surface area contributed by atoms with Gasteiger partial charge >= 0.3 is 0 Å². The lowest BCUT2D eigenvalue weighted by Gasteiger charge is -2.01. The van der Waals surface area contributed by atoms with Gasteiger partial charge in [-0.25, -0.2) is 0 Å². The van der Waals surface area contributed by atoms with Crippen molar-refractivity contribution in [3.8, 4) is 0 Å². The van der Waals surface area contributed by atoms with Crippen molar-refractivity contribution < 1.29 is 0 Å². The maximum absolute atomic E-state index is 3.25. The second-order valence-corrected chi connectivity index (χ2v) is 2.20.